The van der Waals surface area contributed by atoms with E-state index < -0.39 is 29.0 Å². The van der Waals surface area contributed by atoms with E-state index in [1.54, 1.807) is 0 Å². The van der Waals surface area contributed by atoms with Gasteiger partial charge in [0.25, 0.3) is 5.91 Å². The quantitative estimate of drug-likeness (QED) is 0.816. The predicted molar refractivity (Wildman–Crippen MR) is 72.8 cm³/mol. The summed E-state index contributed by atoms with van der Waals surface area (Å²) in [6, 6.07) is 5.49. The number of carbonyl (C=O) groups is 1. The first-order valence-corrected chi connectivity index (χ1v) is 6.19. The topological polar surface area (TPSA) is 55.1 Å². The second-order valence-electron chi connectivity index (χ2n) is 3.91. The van der Waals surface area contributed by atoms with Gasteiger partial charge >= 0.3 is 0 Å². The molecule has 0 bridgehead atoms. The van der Waals surface area contributed by atoms with Crippen LogP contribution in [0.4, 0.5) is 24.5 Å². The molecule has 0 radical (unpaired) electrons. The minimum atomic E-state index is -1.25. The normalized spacial score (nSPS) is 10.4. The number of amides is 1. The van der Waals surface area contributed by atoms with E-state index >= 15 is 0 Å². The van der Waals surface area contributed by atoms with Gasteiger partial charge in [0.05, 0.1) is 10.2 Å². The Kier molecular flexibility index (Phi) is 3.99. The van der Waals surface area contributed by atoms with E-state index in [-0.39, 0.29) is 15.7 Å². The summed E-state index contributed by atoms with van der Waals surface area (Å²) in [5.74, 6) is -3.66. The number of hydrogen-bond donors (Lipinski definition) is 2. The van der Waals surface area contributed by atoms with Gasteiger partial charge < -0.3 is 11.1 Å². The Balaban J connectivity index is 2.32. The Hall–Kier alpha value is -2.02. The zero-order valence-electron chi connectivity index (χ0n) is 9.88. The second kappa shape index (κ2) is 5.54. The molecule has 0 heterocycles. The van der Waals surface area contributed by atoms with Gasteiger partial charge in [-0.3, -0.25) is 4.79 Å². The van der Waals surface area contributed by atoms with Crippen molar-refractivity contribution in [1.82, 2.24) is 0 Å². The number of nitrogen functional groups attached to an aromatic ring is 1. The molecule has 3 N–H and O–H groups in total. The molecule has 0 aliphatic heterocycles. The lowest BCUT2D eigenvalue weighted by Crippen LogP contribution is -2.15. The standard InChI is InChI=1S/C13H8BrF3N2O/c14-7-5-6(1-2-8(7)15)13(20)19-12-10(18)4-3-9(16)11(12)17/h1-5H,18H2,(H,19,20). The van der Waals surface area contributed by atoms with E-state index in [0.29, 0.717) is 0 Å². The molecule has 0 unspecified atom stereocenters. The molecule has 0 aliphatic rings. The van der Waals surface area contributed by atoms with Gasteiger partial charge in [0.2, 0.25) is 0 Å². The van der Waals surface area contributed by atoms with Gasteiger partial charge in [-0.2, -0.15) is 0 Å². The summed E-state index contributed by atoms with van der Waals surface area (Å²) in [6.45, 7) is 0. The zero-order valence-corrected chi connectivity index (χ0v) is 11.5. The van der Waals surface area contributed by atoms with E-state index in [1.165, 1.54) is 12.1 Å². The van der Waals surface area contributed by atoms with Crippen molar-refractivity contribution in [3.05, 3.63) is 57.8 Å². The molecule has 0 aliphatic carbocycles. The molecule has 0 saturated heterocycles. The van der Waals surface area contributed by atoms with Crippen molar-refractivity contribution in [2.24, 2.45) is 0 Å². The molecule has 3 nitrogen and oxygen atoms in total. The highest BCUT2D eigenvalue weighted by Crippen LogP contribution is 2.25. The summed E-state index contributed by atoms with van der Waals surface area (Å²) in [5.41, 5.74) is 4.99. The van der Waals surface area contributed by atoms with Crippen molar-refractivity contribution in [3.8, 4) is 0 Å². The van der Waals surface area contributed by atoms with Crippen molar-refractivity contribution in [1.29, 1.82) is 0 Å². The predicted octanol–water partition coefficient (Wildman–Crippen LogP) is 3.70. The van der Waals surface area contributed by atoms with Crippen LogP contribution in [0.2, 0.25) is 0 Å². The van der Waals surface area contributed by atoms with Gasteiger partial charge in [0.15, 0.2) is 11.6 Å². The highest BCUT2D eigenvalue weighted by Gasteiger charge is 2.16. The van der Waals surface area contributed by atoms with E-state index in [2.05, 4.69) is 21.2 Å². The minimum absolute atomic E-state index is 0.0707. The van der Waals surface area contributed by atoms with Gasteiger partial charge in [-0.1, -0.05) is 0 Å². The summed E-state index contributed by atoms with van der Waals surface area (Å²) < 4.78 is 39.8. The SMILES string of the molecule is Nc1ccc(F)c(F)c1NC(=O)c1ccc(F)c(Br)c1. The molecule has 2 rings (SSSR count). The average molecular weight is 345 g/mol. The summed E-state index contributed by atoms with van der Waals surface area (Å²) in [5, 5.41) is 2.16. The Morgan fingerprint density at radius 2 is 1.75 bits per heavy atom. The van der Waals surface area contributed by atoms with Gasteiger partial charge in [0, 0.05) is 5.56 Å². The third-order valence-electron chi connectivity index (χ3n) is 2.55. The molecule has 20 heavy (non-hydrogen) atoms. The number of hydrogen-bond acceptors (Lipinski definition) is 2. The zero-order chi connectivity index (χ0) is 14.9. The number of halogens is 4. The van der Waals surface area contributed by atoms with Crippen molar-refractivity contribution >= 4 is 33.2 Å². The number of carbonyl (C=O) groups excluding carboxylic acids is 1. The van der Waals surface area contributed by atoms with Crippen LogP contribution >= 0.6 is 15.9 Å². The Bertz CT molecular complexity index is 692. The van der Waals surface area contributed by atoms with Crippen LogP contribution in [0, 0.1) is 17.5 Å². The lowest BCUT2D eigenvalue weighted by molar-refractivity contribution is 0.102. The Morgan fingerprint density at radius 1 is 1.10 bits per heavy atom. The first-order valence-electron chi connectivity index (χ1n) is 5.40. The van der Waals surface area contributed by atoms with Crippen LogP contribution in [0.15, 0.2) is 34.8 Å². The second-order valence-corrected chi connectivity index (χ2v) is 4.76. The fraction of sp³-hybridized carbons (Fsp3) is 0. The highest BCUT2D eigenvalue weighted by atomic mass is 79.9. The number of nitrogens with two attached hydrogens (primary N) is 1. The maximum atomic E-state index is 13.5. The maximum Gasteiger partial charge on any atom is 0.255 e. The van der Waals surface area contributed by atoms with Crippen molar-refractivity contribution in [2.45, 2.75) is 0 Å². The van der Waals surface area contributed by atoms with Gasteiger partial charge in [-0.15, -0.1) is 0 Å². The van der Waals surface area contributed by atoms with Crippen LogP contribution < -0.4 is 11.1 Å². The number of anilines is 2. The fourth-order valence-corrected chi connectivity index (χ4v) is 1.89. The van der Waals surface area contributed by atoms with Gasteiger partial charge in [-0.05, 0) is 46.3 Å². The molecule has 0 fully saturated rings. The smallest absolute Gasteiger partial charge is 0.255 e. The third kappa shape index (κ3) is 2.77. The summed E-state index contributed by atoms with van der Waals surface area (Å²) >= 11 is 2.93. The monoisotopic (exact) mass is 344 g/mol. The molecule has 104 valence electrons. The average Bonchev–Trinajstić information content (AvgIpc) is 2.42. The fourth-order valence-electron chi connectivity index (χ4n) is 1.52. The van der Waals surface area contributed by atoms with Crippen LogP contribution in [-0.2, 0) is 0 Å². The first kappa shape index (κ1) is 14.4. The lowest BCUT2D eigenvalue weighted by atomic mass is 10.2. The molecule has 0 saturated carbocycles. The van der Waals surface area contributed by atoms with E-state index in [9.17, 15) is 18.0 Å². The molecule has 0 spiro atoms. The molecule has 0 atom stereocenters. The number of nitrogens with one attached hydrogen (secondary N) is 1. The van der Waals surface area contributed by atoms with Crippen LogP contribution in [0.5, 0.6) is 0 Å². The van der Waals surface area contributed by atoms with Crippen LogP contribution in [0.3, 0.4) is 0 Å². The van der Waals surface area contributed by atoms with Crippen molar-refractivity contribution in [2.75, 3.05) is 11.1 Å². The number of benzene rings is 2. The Morgan fingerprint density at radius 3 is 2.40 bits per heavy atom. The summed E-state index contributed by atoms with van der Waals surface area (Å²) in [7, 11) is 0. The van der Waals surface area contributed by atoms with Gasteiger partial charge in [0.1, 0.15) is 11.5 Å². The van der Waals surface area contributed by atoms with Crippen LogP contribution in [0.25, 0.3) is 0 Å². The highest BCUT2D eigenvalue weighted by molar-refractivity contribution is 9.10. The summed E-state index contributed by atoms with van der Waals surface area (Å²) in [6.07, 6.45) is 0. The van der Waals surface area contributed by atoms with Crippen LogP contribution in [0.1, 0.15) is 10.4 Å². The maximum absolute atomic E-state index is 13.5. The molecule has 7 heteroatoms. The molecular formula is C13H8BrF3N2O. The number of rotatable bonds is 2. The minimum Gasteiger partial charge on any atom is -0.397 e. The first-order chi connectivity index (χ1) is 9.40. The molecule has 2 aromatic carbocycles. The lowest BCUT2D eigenvalue weighted by Gasteiger charge is -2.10. The molecule has 1 amide bonds. The van der Waals surface area contributed by atoms with Crippen LogP contribution in [-0.4, -0.2) is 5.91 Å². The van der Waals surface area contributed by atoms with Crippen molar-refractivity contribution in [3.63, 3.8) is 0 Å². The summed E-state index contributed by atoms with van der Waals surface area (Å²) in [4.78, 5) is 11.9. The van der Waals surface area contributed by atoms with Crippen molar-refractivity contribution < 1.29 is 18.0 Å². The van der Waals surface area contributed by atoms with E-state index in [1.807, 2.05) is 0 Å². The molecular weight excluding hydrogens is 337 g/mol. The third-order valence-corrected chi connectivity index (χ3v) is 3.16. The van der Waals surface area contributed by atoms with E-state index in [0.717, 1.165) is 18.2 Å². The molecule has 0 aromatic heterocycles. The Labute approximate surface area is 120 Å². The van der Waals surface area contributed by atoms with Gasteiger partial charge in [-0.25, -0.2) is 13.2 Å². The largest absolute Gasteiger partial charge is 0.397 e. The molecule has 2 aromatic rings. The van der Waals surface area contributed by atoms with E-state index in [4.69, 9.17) is 5.73 Å².